The van der Waals surface area contributed by atoms with E-state index in [1.54, 1.807) is 12.1 Å². The molecular formula is C17H17FN6O3S. The van der Waals surface area contributed by atoms with Gasteiger partial charge in [0.15, 0.2) is 5.17 Å². The molecule has 0 spiro atoms. The van der Waals surface area contributed by atoms with E-state index in [1.807, 2.05) is 0 Å². The normalized spacial score (nSPS) is 19.6. The number of rotatable bonds is 5. The van der Waals surface area contributed by atoms with Gasteiger partial charge >= 0.3 is 0 Å². The minimum Gasteiger partial charge on any atom is -0.379 e. The Bertz CT molecular complexity index is 925. The average molecular weight is 404 g/mol. The van der Waals surface area contributed by atoms with E-state index in [4.69, 9.17) is 9.26 Å². The molecule has 146 valence electrons. The molecule has 1 aromatic heterocycles. The molecule has 1 amide bonds. The van der Waals surface area contributed by atoms with Crippen molar-refractivity contribution in [1.29, 1.82) is 0 Å². The summed E-state index contributed by atoms with van der Waals surface area (Å²) in [5, 5.41) is 14.8. The highest BCUT2D eigenvalue weighted by Gasteiger charge is 2.18. The maximum absolute atomic E-state index is 14.3. The number of amidine groups is 1. The van der Waals surface area contributed by atoms with E-state index in [2.05, 4.69) is 30.6 Å². The Morgan fingerprint density at radius 1 is 1.36 bits per heavy atom. The average Bonchev–Trinajstić information content (AvgIpc) is 3.33. The smallest absolute Gasteiger partial charge is 0.241 e. The number of hydrogen-bond acceptors (Lipinski definition) is 9. The van der Waals surface area contributed by atoms with Crippen LogP contribution >= 0.6 is 11.8 Å². The van der Waals surface area contributed by atoms with Crippen molar-refractivity contribution < 1.29 is 18.4 Å². The number of carbonyl (C=O) groups is 1. The maximum atomic E-state index is 14.3. The summed E-state index contributed by atoms with van der Waals surface area (Å²) >= 11 is 1.28. The number of thioether (sulfide) groups is 1. The van der Waals surface area contributed by atoms with E-state index in [1.165, 1.54) is 24.0 Å². The van der Waals surface area contributed by atoms with E-state index < -0.39 is 5.82 Å². The van der Waals surface area contributed by atoms with Crippen molar-refractivity contribution in [3.63, 3.8) is 0 Å². The van der Waals surface area contributed by atoms with Crippen molar-refractivity contribution in [2.45, 2.75) is 6.54 Å². The molecular weight excluding hydrogens is 387 g/mol. The Morgan fingerprint density at radius 3 is 3.00 bits per heavy atom. The zero-order valence-corrected chi connectivity index (χ0v) is 15.6. The molecule has 0 atom stereocenters. The lowest BCUT2D eigenvalue weighted by Gasteiger charge is -2.24. The Balaban J connectivity index is 1.47. The van der Waals surface area contributed by atoms with Gasteiger partial charge in [-0.15, -0.1) is 5.10 Å². The van der Waals surface area contributed by atoms with Crippen LogP contribution in [0.2, 0.25) is 0 Å². The van der Waals surface area contributed by atoms with Gasteiger partial charge in [-0.05, 0) is 17.7 Å². The van der Waals surface area contributed by atoms with Crippen LogP contribution < -0.4 is 5.32 Å². The number of carbonyl (C=O) groups excluding carboxylic acids is 1. The van der Waals surface area contributed by atoms with Crippen LogP contribution in [-0.2, 0) is 16.1 Å². The predicted molar refractivity (Wildman–Crippen MR) is 101 cm³/mol. The van der Waals surface area contributed by atoms with Crippen LogP contribution in [0.25, 0.3) is 11.4 Å². The van der Waals surface area contributed by atoms with Crippen molar-refractivity contribution >= 4 is 29.1 Å². The number of aromatic nitrogens is 2. The number of morpholine rings is 1. The van der Waals surface area contributed by atoms with Gasteiger partial charge in [-0.3, -0.25) is 9.69 Å². The van der Waals surface area contributed by atoms with Crippen LogP contribution in [0.4, 0.5) is 4.39 Å². The van der Waals surface area contributed by atoms with E-state index in [0.29, 0.717) is 42.1 Å². The second-order valence-electron chi connectivity index (χ2n) is 6.13. The molecule has 0 bridgehead atoms. The molecule has 2 saturated heterocycles. The van der Waals surface area contributed by atoms with Crippen molar-refractivity contribution in [2.24, 2.45) is 10.2 Å². The quantitative estimate of drug-likeness (QED) is 0.591. The number of ether oxygens (including phenoxy) is 1. The largest absolute Gasteiger partial charge is 0.379 e. The zero-order chi connectivity index (χ0) is 19.3. The summed E-state index contributed by atoms with van der Waals surface area (Å²) in [6.07, 6.45) is 1.47. The molecule has 2 aliphatic rings. The first-order valence-electron chi connectivity index (χ1n) is 8.64. The van der Waals surface area contributed by atoms with Gasteiger partial charge in [0.25, 0.3) is 0 Å². The highest BCUT2D eigenvalue weighted by molar-refractivity contribution is 8.15. The van der Waals surface area contributed by atoms with Gasteiger partial charge < -0.3 is 14.6 Å². The van der Waals surface area contributed by atoms with Crippen molar-refractivity contribution in [3.8, 4) is 11.4 Å². The summed E-state index contributed by atoms with van der Waals surface area (Å²) in [5.74, 6) is 0.380. The minimum absolute atomic E-state index is 0.104. The summed E-state index contributed by atoms with van der Waals surface area (Å²) in [6.45, 7) is 3.42. The zero-order valence-electron chi connectivity index (χ0n) is 14.8. The fourth-order valence-electron chi connectivity index (χ4n) is 2.70. The second-order valence-corrected chi connectivity index (χ2v) is 7.09. The molecule has 4 rings (SSSR count). The van der Waals surface area contributed by atoms with Gasteiger partial charge in [0, 0.05) is 13.1 Å². The van der Waals surface area contributed by atoms with E-state index in [-0.39, 0.29) is 17.3 Å². The lowest BCUT2D eigenvalue weighted by molar-refractivity contribution is -0.116. The SMILES string of the molecule is O=C1CSC(=NN=Cc2ccc(F)c(-c3noc(CN4CCOCC4)n3)c2)N1. The van der Waals surface area contributed by atoms with Crippen LogP contribution in [0.3, 0.4) is 0 Å². The predicted octanol–water partition coefficient (Wildman–Crippen LogP) is 1.26. The van der Waals surface area contributed by atoms with Gasteiger partial charge in [-0.1, -0.05) is 23.0 Å². The third-order valence-electron chi connectivity index (χ3n) is 4.10. The highest BCUT2D eigenvalue weighted by Crippen LogP contribution is 2.21. The summed E-state index contributed by atoms with van der Waals surface area (Å²) in [5.41, 5.74) is 0.840. The number of nitrogens with one attached hydrogen (secondary N) is 1. The Morgan fingerprint density at radius 2 is 2.21 bits per heavy atom. The minimum atomic E-state index is -0.458. The van der Waals surface area contributed by atoms with Crippen molar-refractivity contribution in [1.82, 2.24) is 20.4 Å². The standard InChI is InChI=1S/C17H17FN6O3S/c18-13-2-1-11(8-19-22-17-20-14(25)10-28-17)7-12(13)16-21-15(27-23-16)9-24-3-5-26-6-4-24/h1-2,7-8H,3-6,9-10H2,(H,20,22,25). The topological polar surface area (TPSA) is 105 Å². The molecule has 0 aliphatic carbocycles. The molecule has 2 fully saturated rings. The number of benzene rings is 1. The van der Waals surface area contributed by atoms with E-state index in [0.717, 1.165) is 13.1 Å². The van der Waals surface area contributed by atoms with Crippen LogP contribution in [-0.4, -0.2) is 64.4 Å². The summed E-state index contributed by atoms with van der Waals surface area (Å²) < 4.78 is 24.8. The van der Waals surface area contributed by atoms with E-state index >= 15 is 0 Å². The first-order chi connectivity index (χ1) is 13.7. The van der Waals surface area contributed by atoms with Crippen LogP contribution in [0.5, 0.6) is 0 Å². The highest BCUT2D eigenvalue weighted by atomic mass is 32.2. The Kier molecular flexibility index (Phi) is 5.74. The summed E-state index contributed by atoms with van der Waals surface area (Å²) in [7, 11) is 0. The van der Waals surface area contributed by atoms with Crippen LogP contribution in [0, 0.1) is 5.82 Å². The van der Waals surface area contributed by atoms with Gasteiger partial charge in [0.2, 0.25) is 17.6 Å². The van der Waals surface area contributed by atoms with Crippen molar-refractivity contribution in [3.05, 3.63) is 35.5 Å². The lowest BCUT2D eigenvalue weighted by Crippen LogP contribution is -2.35. The van der Waals surface area contributed by atoms with Gasteiger partial charge in [-0.25, -0.2) is 4.39 Å². The molecule has 2 aliphatic heterocycles. The number of amides is 1. The second kappa shape index (κ2) is 8.59. The lowest BCUT2D eigenvalue weighted by atomic mass is 10.1. The van der Waals surface area contributed by atoms with Crippen molar-refractivity contribution in [2.75, 3.05) is 32.1 Å². The molecule has 2 aromatic rings. The Hall–Kier alpha value is -2.63. The number of halogens is 1. The number of hydrogen-bond donors (Lipinski definition) is 1. The third-order valence-corrected chi connectivity index (χ3v) is 4.97. The van der Waals surface area contributed by atoms with Crippen LogP contribution in [0.15, 0.2) is 32.9 Å². The fourth-order valence-corrected chi connectivity index (χ4v) is 3.33. The van der Waals surface area contributed by atoms with Gasteiger partial charge in [-0.2, -0.15) is 10.1 Å². The summed E-state index contributed by atoms with van der Waals surface area (Å²) in [6, 6.07) is 4.45. The molecule has 28 heavy (non-hydrogen) atoms. The number of nitrogens with zero attached hydrogens (tertiary/aromatic N) is 5. The molecule has 1 N–H and O–H groups in total. The van der Waals surface area contributed by atoms with Gasteiger partial charge in [0.1, 0.15) is 5.82 Å². The molecule has 0 radical (unpaired) electrons. The van der Waals surface area contributed by atoms with Gasteiger partial charge in [0.05, 0.1) is 37.3 Å². The molecule has 1 aromatic carbocycles. The molecule has 3 heterocycles. The Labute approximate surface area is 164 Å². The molecule has 0 saturated carbocycles. The first kappa shape index (κ1) is 18.7. The first-order valence-corrected chi connectivity index (χ1v) is 9.62. The maximum Gasteiger partial charge on any atom is 0.241 e. The fraction of sp³-hybridized carbons (Fsp3) is 0.353. The third kappa shape index (κ3) is 4.61. The monoisotopic (exact) mass is 404 g/mol. The van der Waals surface area contributed by atoms with E-state index in [9.17, 15) is 9.18 Å². The van der Waals surface area contributed by atoms with Crippen LogP contribution in [0.1, 0.15) is 11.5 Å². The molecule has 9 nitrogen and oxygen atoms in total. The molecule has 0 unspecified atom stereocenters. The molecule has 11 heteroatoms. The summed E-state index contributed by atoms with van der Waals surface area (Å²) in [4.78, 5) is 17.6.